The molecule has 1 atom stereocenters. The number of aromatic amines is 1. The molecule has 0 amide bonds. The van der Waals surface area contributed by atoms with Gasteiger partial charge in [-0.2, -0.15) is 5.10 Å². The predicted octanol–water partition coefficient (Wildman–Crippen LogP) is 0.934. The van der Waals surface area contributed by atoms with Crippen molar-refractivity contribution in [3.8, 4) is 0 Å². The molecule has 1 unspecified atom stereocenters. The first kappa shape index (κ1) is 12.2. The normalized spacial score (nSPS) is 17.9. The molecule has 0 fully saturated rings. The lowest BCUT2D eigenvalue weighted by molar-refractivity contribution is 0.440. The molecule has 3 aromatic rings. The SMILES string of the molecule is CCc1nc2n(n1)CC(Nc1ncnc3nc[nH]c13)CC2. The van der Waals surface area contributed by atoms with Gasteiger partial charge in [-0.15, -0.1) is 0 Å². The minimum absolute atomic E-state index is 0.283. The molecule has 8 heteroatoms. The summed E-state index contributed by atoms with van der Waals surface area (Å²) in [6.45, 7) is 2.88. The van der Waals surface area contributed by atoms with E-state index in [4.69, 9.17) is 0 Å². The maximum Gasteiger partial charge on any atom is 0.182 e. The number of nitrogens with one attached hydrogen (secondary N) is 2. The molecule has 21 heavy (non-hydrogen) atoms. The fourth-order valence-electron chi connectivity index (χ4n) is 2.70. The van der Waals surface area contributed by atoms with Gasteiger partial charge in [0.05, 0.1) is 12.9 Å². The summed E-state index contributed by atoms with van der Waals surface area (Å²) in [4.78, 5) is 20.2. The van der Waals surface area contributed by atoms with Gasteiger partial charge in [0.1, 0.15) is 17.7 Å². The number of aryl methyl sites for hydroxylation is 2. The van der Waals surface area contributed by atoms with E-state index in [9.17, 15) is 0 Å². The van der Waals surface area contributed by atoms with E-state index in [1.165, 1.54) is 6.33 Å². The molecule has 108 valence electrons. The maximum atomic E-state index is 4.53. The first-order valence-corrected chi connectivity index (χ1v) is 7.16. The predicted molar refractivity (Wildman–Crippen MR) is 76.8 cm³/mol. The molecule has 3 aromatic heterocycles. The van der Waals surface area contributed by atoms with Crippen LogP contribution in [-0.4, -0.2) is 40.7 Å². The van der Waals surface area contributed by atoms with Crippen LogP contribution in [0.1, 0.15) is 25.0 Å². The van der Waals surface area contributed by atoms with Crippen molar-refractivity contribution in [3.05, 3.63) is 24.3 Å². The van der Waals surface area contributed by atoms with E-state index >= 15 is 0 Å². The van der Waals surface area contributed by atoms with Crippen molar-refractivity contribution in [2.45, 2.75) is 38.8 Å². The number of rotatable bonds is 3. The van der Waals surface area contributed by atoms with Crippen LogP contribution in [0, 0.1) is 0 Å². The summed E-state index contributed by atoms with van der Waals surface area (Å²) in [5.74, 6) is 2.80. The van der Waals surface area contributed by atoms with Gasteiger partial charge >= 0.3 is 0 Å². The number of H-pyrrole nitrogens is 1. The Kier molecular flexibility index (Phi) is 2.80. The van der Waals surface area contributed by atoms with Crippen molar-refractivity contribution >= 4 is 17.0 Å². The Morgan fingerprint density at radius 2 is 2.33 bits per heavy atom. The van der Waals surface area contributed by atoms with Gasteiger partial charge in [-0.1, -0.05) is 6.92 Å². The molecular weight excluding hydrogens is 268 g/mol. The molecule has 4 rings (SSSR count). The summed E-state index contributed by atoms with van der Waals surface area (Å²) in [6.07, 6.45) is 5.99. The summed E-state index contributed by atoms with van der Waals surface area (Å²) >= 11 is 0. The average molecular weight is 284 g/mol. The lowest BCUT2D eigenvalue weighted by atomic mass is 10.1. The van der Waals surface area contributed by atoms with E-state index in [1.54, 1.807) is 6.33 Å². The third-order valence-electron chi connectivity index (χ3n) is 3.78. The zero-order valence-electron chi connectivity index (χ0n) is 11.7. The maximum absolute atomic E-state index is 4.53. The minimum atomic E-state index is 0.283. The summed E-state index contributed by atoms with van der Waals surface area (Å²) < 4.78 is 2.01. The first-order chi connectivity index (χ1) is 10.3. The highest BCUT2D eigenvalue weighted by molar-refractivity contribution is 5.82. The van der Waals surface area contributed by atoms with Crippen LogP contribution in [-0.2, 0) is 19.4 Å². The van der Waals surface area contributed by atoms with Crippen LogP contribution in [0.4, 0.5) is 5.82 Å². The number of hydrogen-bond donors (Lipinski definition) is 2. The van der Waals surface area contributed by atoms with Crippen LogP contribution in [0.25, 0.3) is 11.2 Å². The molecule has 2 N–H and O–H groups in total. The van der Waals surface area contributed by atoms with E-state index in [-0.39, 0.29) is 6.04 Å². The second kappa shape index (κ2) is 4.80. The molecule has 1 aliphatic heterocycles. The van der Waals surface area contributed by atoms with Crippen LogP contribution < -0.4 is 5.32 Å². The molecule has 0 saturated carbocycles. The molecular formula is C13H16N8. The monoisotopic (exact) mass is 284 g/mol. The van der Waals surface area contributed by atoms with Crippen LogP contribution in [0.5, 0.6) is 0 Å². The smallest absolute Gasteiger partial charge is 0.182 e. The van der Waals surface area contributed by atoms with E-state index < -0.39 is 0 Å². The van der Waals surface area contributed by atoms with Crippen LogP contribution in [0.15, 0.2) is 12.7 Å². The van der Waals surface area contributed by atoms with E-state index in [0.717, 1.165) is 48.8 Å². The van der Waals surface area contributed by atoms with Crippen molar-refractivity contribution < 1.29 is 0 Å². The van der Waals surface area contributed by atoms with Gasteiger partial charge in [0.2, 0.25) is 0 Å². The Morgan fingerprint density at radius 1 is 1.38 bits per heavy atom. The van der Waals surface area contributed by atoms with Crippen LogP contribution in [0.3, 0.4) is 0 Å². The molecule has 0 spiro atoms. The zero-order chi connectivity index (χ0) is 14.2. The Balaban J connectivity index is 1.57. The highest BCUT2D eigenvalue weighted by Crippen LogP contribution is 2.20. The topological polar surface area (TPSA) is 97.2 Å². The lowest BCUT2D eigenvalue weighted by Gasteiger charge is -2.23. The van der Waals surface area contributed by atoms with Gasteiger partial charge in [0.25, 0.3) is 0 Å². The quantitative estimate of drug-likeness (QED) is 0.742. The summed E-state index contributed by atoms with van der Waals surface area (Å²) in [6, 6.07) is 0.283. The van der Waals surface area contributed by atoms with Crippen molar-refractivity contribution in [3.63, 3.8) is 0 Å². The Hall–Kier alpha value is -2.51. The number of imidazole rings is 1. The van der Waals surface area contributed by atoms with E-state index in [1.807, 2.05) is 4.68 Å². The zero-order valence-corrected chi connectivity index (χ0v) is 11.7. The molecule has 0 aliphatic carbocycles. The fraction of sp³-hybridized carbons (Fsp3) is 0.462. The second-order valence-electron chi connectivity index (χ2n) is 5.18. The summed E-state index contributed by atoms with van der Waals surface area (Å²) in [5.41, 5.74) is 1.52. The molecule has 4 heterocycles. The molecule has 8 nitrogen and oxygen atoms in total. The van der Waals surface area contributed by atoms with Crippen LogP contribution >= 0.6 is 0 Å². The Morgan fingerprint density at radius 3 is 3.24 bits per heavy atom. The van der Waals surface area contributed by atoms with Crippen molar-refractivity contribution in [1.82, 2.24) is 34.7 Å². The van der Waals surface area contributed by atoms with Gasteiger partial charge in [0, 0.05) is 18.9 Å². The van der Waals surface area contributed by atoms with Gasteiger partial charge < -0.3 is 10.3 Å². The lowest BCUT2D eigenvalue weighted by Crippen LogP contribution is -2.32. The average Bonchev–Trinajstić information content (AvgIpc) is 3.13. The second-order valence-corrected chi connectivity index (χ2v) is 5.18. The van der Waals surface area contributed by atoms with Crippen molar-refractivity contribution in [2.75, 3.05) is 5.32 Å². The third kappa shape index (κ3) is 2.12. The Bertz CT molecular complexity index is 773. The van der Waals surface area contributed by atoms with Gasteiger partial charge in [-0.25, -0.2) is 24.6 Å². The molecule has 0 radical (unpaired) electrons. The fourth-order valence-corrected chi connectivity index (χ4v) is 2.70. The largest absolute Gasteiger partial charge is 0.364 e. The number of nitrogens with zero attached hydrogens (tertiary/aromatic N) is 6. The van der Waals surface area contributed by atoms with E-state index in [2.05, 4.69) is 42.3 Å². The van der Waals surface area contributed by atoms with Crippen LogP contribution in [0.2, 0.25) is 0 Å². The Labute approximate surface area is 121 Å². The van der Waals surface area contributed by atoms with Gasteiger partial charge in [-0.3, -0.25) is 0 Å². The summed E-state index contributed by atoms with van der Waals surface area (Å²) in [5, 5.41) is 7.99. The number of hydrogen-bond acceptors (Lipinski definition) is 6. The minimum Gasteiger partial charge on any atom is -0.364 e. The first-order valence-electron chi connectivity index (χ1n) is 7.16. The highest BCUT2D eigenvalue weighted by atomic mass is 15.4. The van der Waals surface area contributed by atoms with E-state index in [0.29, 0.717) is 5.65 Å². The standard InChI is InChI=1S/C13H16N8/c1-2-9-19-10-4-3-8(5-21(10)20-9)18-13-11-12(15-6-14-11)16-7-17-13/h6-8H,2-5H2,1H3,(H2,14,15,16,17,18). The molecule has 0 saturated heterocycles. The number of aromatic nitrogens is 7. The number of anilines is 1. The van der Waals surface area contributed by atoms with Gasteiger partial charge in [-0.05, 0) is 6.42 Å². The van der Waals surface area contributed by atoms with Gasteiger partial charge in [0.15, 0.2) is 17.3 Å². The molecule has 0 bridgehead atoms. The molecule has 1 aliphatic rings. The van der Waals surface area contributed by atoms with Crippen molar-refractivity contribution in [1.29, 1.82) is 0 Å². The highest BCUT2D eigenvalue weighted by Gasteiger charge is 2.22. The third-order valence-corrected chi connectivity index (χ3v) is 3.78. The number of fused-ring (bicyclic) bond motifs is 2. The van der Waals surface area contributed by atoms with Crippen molar-refractivity contribution in [2.24, 2.45) is 0 Å². The molecule has 0 aromatic carbocycles. The summed E-state index contributed by atoms with van der Waals surface area (Å²) in [7, 11) is 0.